The topological polar surface area (TPSA) is 20.2 Å². The summed E-state index contributed by atoms with van der Waals surface area (Å²) in [6.07, 6.45) is 4.46. The molecule has 1 aromatic rings. The minimum Gasteiger partial charge on any atom is -0.388 e. The molecule has 0 aromatic heterocycles. The molecule has 0 saturated carbocycles. The third-order valence-corrected chi connectivity index (χ3v) is 11.3. The number of benzene rings is 1. The smallest absolute Gasteiger partial charge is 0.0953 e. The molecule has 0 aliphatic heterocycles. The van der Waals surface area contributed by atoms with Gasteiger partial charge in [0.1, 0.15) is 0 Å². The average Bonchev–Trinajstić information content (AvgIpc) is 2.49. The molecule has 0 aliphatic carbocycles. The molecule has 120 valence electrons. The fourth-order valence-corrected chi connectivity index (χ4v) is 7.79. The van der Waals surface area contributed by atoms with Crippen LogP contribution >= 0.6 is 7.26 Å². The van der Waals surface area contributed by atoms with Crippen LogP contribution in [0, 0.1) is 5.41 Å². The third kappa shape index (κ3) is 4.30. The van der Waals surface area contributed by atoms with E-state index in [4.69, 9.17) is 0 Å². The van der Waals surface area contributed by atoms with E-state index in [1.165, 1.54) is 24.0 Å². The van der Waals surface area contributed by atoms with E-state index in [1.54, 1.807) is 0 Å². The van der Waals surface area contributed by atoms with Gasteiger partial charge in [0.25, 0.3) is 0 Å². The van der Waals surface area contributed by atoms with E-state index >= 15 is 0 Å². The van der Waals surface area contributed by atoms with Crippen LogP contribution in [0.1, 0.15) is 47.1 Å². The number of aliphatic hydroxyl groups excluding tert-OH is 1. The minimum absolute atomic E-state index is 0.0778. The molecule has 1 nitrogen and oxygen atoms in total. The molecule has 2 heteroatoms. The van der Waals surface area contributed by atoms with E-state index in [9.17, 15) is 5.11 Å². The van der Waals surface area contributed by atoms with Crippen LogP contribution in [-0.4, -0.2) is 35.4 Å². The van der Waals surface area contributed by atoms with Gasteiger partial charge in [-0.05, 0) is 45.1 Å². The van der Waals surface area contributed by atoms with Gasteiger partial charge in [-0.25, -0.2) is 0 Å². The Morgan fingerprint density at radius 3 is 1.90 bits per heavy atom. The van der Waals surface area contributed by atoms with Gasteiger partial charge in [0.2, 0.25) is 0 Å². The van der Waals surface area contributed by atoms with Gasteiger partial charge in [0, 0.05) is 7.26 Å². The van der Waals surface area contributed by atoms with Gasteiger partial charge in [0.05, 0.1) is 30.2 Å². The lowest BCUT2D eigenvalue weighted by Gasteiger charge is -2.40. The lowest BCUT2D eigenvalue weighted by atomic mass is 9.79. The highest BCUT2D eigenvalue weighted by Crippen LogP contribution is 2.64. The Bertz CT molecular complexity index is 401. The molecule has 0 radical (unpaired) electrons. The molecule has 0 saturated heterocycles. The van der Waals surface area contributed by atoms with Crippen molar-refractivity contribution < 1.29 is 5.11 Å². The standard InChI is InChI=1S/C19H34OP/c1-7-21(8-2,9-3)16(4)18(20)19(5,6)15-17-13-11-10-12-14-17/h10-14,16,18,20H,7-9,15H2,1-6H3/q+1/t16-,18+/m0/s1. The van der Waals surface area contributed by atoms with Gasteiger partial charge >= 0.3 is 0 Å². The van der Waals surface area contributed by atoms with Crippen LogP contribution in [0.5, 0.6) is 0 Å². The molecule has 2 atom stereocenters. The summed E-state index contributed by atoms with van der Waals surface area (Å²) in [6.45, 7) is 13.7. The quantitative estimate of drug-likeness (QED) is 0.664. The first kappa shape index (κ1) is 18.7. The van der Waals surface area contributed by atoms with Crippen LogP contribution in [-0.2, 0) is 6.42 Å². The summed E-state index contributed by atoms with van der Waals surface area (Å²) in [5.41, 5.74) is 1.67. The predicted octanol–water partition coefficient (Wildman–Crippen LogP) is 5.08. The molecule has 0 spiro atoms. The van der Waals surface area contributed by atoms with Crippen molar-refractivity contribution in [2.24, 2.45) is 5.41 Å². The van der Waals surface area contributed by atoms with E-state index in [0.717, 1.165) is 6.42 Å². The number of hydrogen-bond donors (Lipinski definition) is 1. The van der Waals surface area contributed by atoms with Gasteiger partial charge < -0.3 is 5.11 Å². The average molecular weight is 309 g/mol. The first-order valence-electron chi connectivity index (χ1n) is 8.40. The maximum absolute atomic E-state index is 11.1. The Morgan fingerprint density at radius 2 is 1.48 bits per heavy atom. The number of aliphatic hydroxyl groups is 1. The Morgan fingerprint density at radius 1 is 1.00 bits per heavy atom. The highest BCUT2D eigenvalue weighted by molar-refractivity contribution is 7.76. The van der Waals surface area contributed by atoms with Gasteiger partial charge in [-0.3, -0.25) is 0 Å². The largest absolute Gasteiger partial charge is 0.388 e. The summed E-state index contributed by atoms with van der Waals surface area (Å²) in [5, 5.41) is 11.1. The fraction of sp³-hybridized carbons (Fsp3) is 0.684. The van der Waals surface area contributed by atoms with Crippen LogP contribution in [0.2, 0.25) is 0 Å². The van der Waals surface area contributed by atoms with Crippen molar-refractivity contribution in [1.29, 1.82) is 0 Å². The third-order valence-electron chi connectivity index (χ3n) is 5.51. The molecular weight excluding hydrogens is 275 g/mol. The molecule has 0 unspecified atom stereocenters. The van der Waals surface area contributed by atoms with Gasteiger partial charge in [0.15, 0.2) is 0 Å². The summed E-state index contributed by atoms with van der Waals surface area (Å²) >= 11 is 0. The van der Waals surface area contributed by atoms with Crippen molar-refractivity contribution in [2.45, 2.75) is 59.7 Å². The van der Waals surface area contributed by atoms with E-state index in [-0.39, 0.29) is 11.5 Å². The number of hydrogen-bond acceptors (Lipinski definition) is 1. The Kier molecular flexibility index (Phi) is 6.88. The van der Waals surface area contributed by atoms with E-state index in [1.807, 2.05) is 0 Å². The van der Waals surface area contributed by atoms with Crippen molar-refractivity contribution in [3.05, 3.63) is 35.9 Å². The SMILES string of the molecule is CC[P+](CC)(CC)[C@@H](C)[C@@H](O)C(C)(C)Cc1ccccc1. The molecule has 0 amide bonds. The molecule has 1 rings (SSSR count). The second-order valence-electron chi connectivity index (χ2n) is 7.00. The Labute approximate surface area is 132 Å². The summed E-state index contributed by atoms with van der Waals surface area (Å²) < 4.78 is 0. The molecule has 1 N–H and O–H groups in total. The van der Waals surface area contributed by atoms with Crippen LogP contribution < -0.4 is 0 Å². The Balaban J connectivity index is 2.91. The summed E-state index contributed by atoms with van der Waals surface area (Å²) in [5.74, 6) is 0. The van der Waals surface area contributed by atoms with Crippen molar-refractivity contribution >= 4 is 7.26 Å². The monoisotopic (exact) mass is 309 g/mol. The van der Waals surface area contributed by atoms with Crippen LogP contribution in [0.25, 0.3) is 0 Å². The zero-order valence-electron chi connectivity index (χ0n) is 14.8. The fourth-order valence-electron chi connectivity index (χ4n) is 3.71. The molecule has 0 bridgehead atoms. The maximum Gasteiger partial charge on any atom is 0.0953 e. The summed E-state index contributed by atoms with van der Waals surface area (Å²) in [7, 11) is -1.04. The first-order valence-corrected chi connectivity index (χ1v) is 10.8. The van der Waals surface area contributed by atoms with Crippen LogP contribution in [0.4, 0.5) is 0 Å². The molecule has 0 heterocycles. The van der Waals surface area contributed by atoms with E-state index < -0.39 is 7.26 Å². The molecule has 0 aliphatic rings. The summed E-state index contributed by atoms with van der Waals surface area (Å²) in [4.78, 5) is 0. The second kappa shape index (κ2) is 7.75. The van der Waals surface area contributed by atoms with Gasteiger partial charge in [-0.2, -0.15) is 0 Å². The lowest BCUT2D eigenvalue weighted by molar-refractivity contribution is 0.0500. The van der Waals surface area contributed by atoms with Crippen LogP contribution in [0.3, 0.4) is 0 Å². The van der Waals surface area contributed by atoms with Crippen molar-refractivity contribution in [3.8, 4) is 0 Å². The highest BCUT2D eigenvalue weighted by Gasteiger charge is 2.46. The van der Waals surface area contributed by atoms with Gasteiger partial charge in [-0.15, -0.1) is 0 Å². The Hall–Kier alpha value is -0.390. The molecular formula is C19H34OP+. The van der Waals surface area contributed by atoms with Gasteiger partial charge in [-0.1, -0.05) is 44.2 Å². The highest BCUT2D eigenvalue weighted by atomic mass is 31.2. The first-order chi connectivity index (χ1) is 9.83. The lowest BCUT2D eigenvalue weighted by Crippen LogP contribution is -2.41. The zero-order chi connectivity index (χ0) is 16.1. The normalized spacial score (nSPS) is 15.8. The maximum atomic E-state index is 11.1. The summed E-state index contributed by atoms with van der Waals surface area (Å²) in [6, 6.07) is 10.6. The van der Waals surface area contributed by atoms with Crippen molar-refractivity contribution in [1.82, 2.24) is 0 Å². The second-order valence-corrected chi connectivity index (χ2v) is 12.2. The minimum atomic E-state index is -1.04. The van der Waals surface area contributed by atoms with Crippen molar-refractivity contribution in [3.63, 3.8) is 0 Å². The molecule has 21 heavy (non-hydrogen) atoms. The van der Waals surface area contributed by atoms with Crippen molar-refractivity contribution in [2.75, 3.05) is 18.5 Å². The van der Waals surface area contributed by atoms with E-state index in [0.29, 0.717) is 5.66 Å². The zero-order valence-corrected chi connectivity index (χ0v) is 15.7. The molecule has 1 aromatic carbocycles. The predicted molar refractivity (Wildman–Crippen MR) is 97.9 cm³/mol. The van der Waals surface area contributed by atoms with E-state index in [2.05, 4.69) is 71.9 Å². The van der Waals surface area contributed by atoms with Crippen LogP contribution in [0.15, 0.2) is 30.3 Å². The molecule has 0 fully saturated rings. The number of rotatable bonds is 8.